The standard InChI is InChI=1S/C20H21NO5S/c1-12-4-7-14(8-5-12)27(23,24)18-16-11-20(2,21-19(18)22)26-17-10-13(25-3)6-9-15(16)17/h4-10,16,18H,11H2,1-3H3,(H,21,22)/t16-,18-,20+/m1/s1. The predicted octanol–water partition coefficient (Wildman–Crippen LogP) is 2.56. The zero-order valence-corrected chi connectivity index (χ0v) is 16.2. The summed E-state index contributed by atoms with van der Waals surface area (Å²) in [7, 11) is -2.31. The van der Waals surface area contributed by atoms with E-state index in [1.54, 1.807) is 56.5 Å². The average Bonchev–Trinajstić information content (AvgIpc) is 2.60. The predicted molar refractivity (Wildman–Crippen MR) is 99.7 cm³/mol. The summed E-state index contributed by atoms with van der Waals surface area (Å²) in [6.45, 7) is 3.65. The van der Waals surface area contributed by atoms with Gasteiger partial charge >= 0.3 is 0 Å². The van der Waals surface area contributed by atoms with Gasteiger partial charge in [-0.25, -0.2) is 8.42 Å². The van der Waals surface area contributed by atoms with Crippen LogP contribution in [0.1, 0.15) is 30.4 Å². The number of nitrogens with one attached hydrogen (secondary N) is 1. The highest BCUT2D eigenvalue weighted by Gasteiger charge is 2.54. The molecule has 2 aliphatic heterocycles. The average molecular weight is 387 g/mol. The van der Waals surface area contributed by atoms with Crippen LogP contribution in [0.4, 0.5) is 0 Å². The lowest BCUT2D eigenvalue weighted by Gasteiger charge is -2.46. The number of hydrogen-bond acceptors (Lipinski definition) is 5. The summed E-state index contributed by atoms with van der Waals surface area (Å²) < 4.78 is 37.9. The fraction of sp³-hybridized carbons (Fsp3) is 0.350. The Hall–Kier alpha value is -2.54. The highest BCUT2D eigenvalue weighted by molar-refractivity contribution is 7.92. The normalized spacial score (nSPS) is 26.6. The number of sulfone groups is 1. The van der Waals surface area contributed by atoms with Gasteiger partial charge in [-0.05, 0) is 37.6 Å². The summed E-state index contributed by atoms with van der Waals surface area (Å²) >= 11 is 0. The van der Waals surface area contributed by atoms with Crippen molar-refractivity contribution in [1.29, 1.82) is 0 Å². The lowest BCUT2D eigenvalue weighted by atomic mass is 9.81. The van der Waals surface area contributed by atoms with E-state index in [0.717, 1.165) is 5.56 Å². The van der Waals surface area contributed by atoms with E-state index in [1.807, 2.05) is 6.92 Å². The van der Waals surface area contributed by atoms with Gasteiger partial charge < -0.3 is 14.8 Å². The molecule has 2 aromatic carbocycles. The molecule has 0 radical (unpaired) electrons. The number of amides is 1. The van der Waals surface area contributed by atoms with Crippen molar-refractivity contribution in [3.8, 4) is 11.5 Å². The molecule has 6 nitrogen and oxygen atoms in total. The molecule has 1 N–H and O–H groups in total. The lowest BCUT2D eigenvalue weighted by molar-refractivity contribution is -0.132. The van der Waals surface area contributed by atoms with E-state index < -0.39 is 32.6 Å². The first kappa shape index (κ1) is 17.9. The van der Waals surface area contributed by atoms with E-state index in [2.05, 4.69) is 5.32 Å². The van der Waals surface area contributed by atoms with Crippen molar-refractivity contribution in [3.05, 3.63) is 53.6 Å². The second-order valence-corrected chi connectivity index (χ2v) is 9.38. The molecule has 27 heavy (non-hydrogen) atoms. The number of fused-ring (bicyclic) bond motifs is 4. The number of carbonyl (C=O) groups excluding carboxylic acids is 1. The van der Waals surface area contributed by atoms with Crippen molar-refractivity contribution in [2.45, 2.75) is 42.1 Å². The van der Waals surface area contributed by atoms with Gasteiger partial charge in [-0.1, -0.05) is 23.8 Å². The van der Waals surface area contributed by atoms with E-state index in [4.69, 9.17) is 9.47 Å². The number of ether oxygens (including phenoxy) is 2. The van der Waals surface area contributed by atoms with Gasteiger partial charge in [0.1, 0.15) is 11.5 Å². The SMILES string of the molecule is COc1ccc2c(c1)O[C@@]1(C)C[C@H]2[C@@H](S(=O)(=O)c2ccc(C)cc2)C(=O)N1. The summed E-state index contributed by atoms with van der Waals surface area (Å²) in [5, 5.41) is 1.55. The van der Waals surface area contributed by atoms with Crippen LogP contribution in [0.5, 0.6) is 11.5 Å². The second kappa shape index (κ2) is 5.99. The van der Waals surface area contributed by atoms with Crippen molar-refractivity contribution in [1.82, 2.24) is 5.32 Å². The molecule has 2 heterocycles. The first-order valence-corrected chi connectivity index (χ1v) is 10.3. The maximum absolute atomic E-state index is 13.3. The largest absolute Gasteiger partial charge is 0.497 e. The van der Waals surface area contributed by atoms with Crippen LogP contribution < -0.4 is 14.8 Å². The van der Waals surface area contributed by atoms with Gasteiger partial charge in [0, 0.05) is 18.4 Å². The zero-order chi connectivity index (χ0) is 19.4. The van der Waals surface area contributed by atoms with Crippen LogP contribution in [0.3, 0.4) is 0 Å². The molecule has 142 valence electrons. The van der Waals surface area contributed by atoms with Gasteiger partial charge in [-0.15, -0.1) is 0 Å². The summed E-state index contributed by atoms with van der Waals surface area (Å²) in [4.78, 5) is 13.0. The van der Waals surface area contributed by atoms with E-state index >= 15 is 0 Å². The molecule has 2 aromatic rings. The summed E-state index contributed by atoms with van der Waals surface area (Å²) in [5.74, 6) is 0.124. The Morgan fingerprint density at radius 2 is 1.89 bits per heavy atom. The van der Waals surface area contributed by atoms with E-state index in [1.165, 1.54) is 0 Å². The van der Waals surface area contributed by atoms with Crippen LogP contribution >= 0.6 is 0 Å². The number of piperidine rings is 1. The van der Waals surface area contributed by atoms with Crippen molar-refractivity contribution >= 4 is 15.7 Å². The molecule has 1 fully saturated rings. The van der Waals surface area contributed by atoms with Gasteiger partial charge in [0.2, 0.25) is 5.91 Å². The Labute approximate surface area is 158 Å². The third-order valence-electron chi connectivity index (χ3n) is 5.26. The van der Waals surface area contributed by atoms with Gasteiger partial charge in [-0.3, -0.25) is 4.79 Å². The van der Waals surface area contributed by atoms with Gasteiger partial charge in [0.15, 0.2) is 20.8 Å². The van der Waals surface area contributed by atoms with Gasteiger partial charge in [0.05, 0.1) is 12.0 Å². The molecule has 0 saturated carbocycles. The molecule has 3 atom stereocenters. The number of benzene rings is 2. The minimum atomic E-state index is -3.86. The van der Waals surface area contributed by atoms with E-state index in [9.17, 15) is 13.2 Å². The van der Waals surface area contributed by atoms with Crippen LogP contribution in [0, 0.1) is 6.92 Å². The molecule has 0 aromatic heterocycles. The van der Waals surface area contributed by atoms with Gasteiger partial charge in [-0.2, -0.15) is 0 Å². The van der Waals surface area contributed by atoms with E-state index in [-0.39, 0.29) is 4.90 Å². The van der Waals surface area contributed by atoms with Crippen LogP contribution in [0.2, 0.25) is 0 Å². The molecule has 1 amide bonds. The second-order valence-electron chi connectivity index (χ2n) is 7.32. The van der Waals surface area contributed by atoms with Crippen LogP contribution in [-0.2, 0) is 14.6 Å². The fourth-order valence-electron chi connectivity index (χ4n) is 3.94. The highest BCUT2D eigenvalue weighted by Crippen LogP contribution is 2.48. The molecule has 2 aliphatic rings. The molecule has 2 bridgehead atoms. The minimum absolute atomic E-state index is 0.151. The summed E-state index contributed by atoms with van der Waals surface area (Å²) in [6, 6.07) is 11.9. The summed E-state index contributed by atoms with van der Waals surface area (Å²) in [5.41, 5.74) is 0.724. The third-order valence-corrected chi connectivity index (χ3v) is 7.40. The topological polar surface area (TPSA) is 81.7 Å². The Morgan fingerprint density at radius 1 is 1.19 bits per heavy atom. The lowest BCUT2D eigenvalue weighted by Crippen LogP contribution is -2.63. The maximum Gasteiger partial charge on any atom is 0.242 e. The van der Waals surface area contributed by atoms with Crippen LogP contribution in [-0.4, -0.2) is 32.4 Å². The van der Waals surface area contributed by atoms with Gasteiger partial charge in [0.25, 0.3) is 0 Å². The highest BCUT2D eigenvalue weighted by atomic mass is 32.2. The number of methoxy groups -OCH3 is 1. The zero-order valence-electron chi connectivity index (χ0n) is 15.4. The smallest absolute Gasteiger partial charge is 0.242 e. The minimum Gasteiger partial charge on any atom is -0.497 e. The maximum atomic E-state index is 13.3. The molecule has 0 spiro atoms. The molecule has 0 unspecified atom stereocenters. The fourth-order valence-corrected chi connectivity index (χ4v) is 5.77. The number of carbonyl (C=O) groups is 1. The van der Waals surface area contributed by atoms with Crippen molar-refractivity contribution in [3.63, 3.8) is 0 Å². The third kappa shape index (κ3) is 2.86. The van der Waals surface area contributed by atoms with Crippen molar-refractivity contribution in [2.75, 3.05) is 7.11 Å². The van der Waals surface area contributed by atoms with Crippen LogP contribution in [0.25, 0.3) is 0 Å². The molecule has 0 aliphatic carbocycles. The first-order valence-electron chi connectivity index (χ1n) is 8.73. The molecule has 4 rings (SSSR count). The molecular formula is C20H21NO5S. The first-order chi connectivity index (χ1) is 12.7. The van der Waals surface area contributed by atoms with Crippen molar-refractivity contribution < 1.29 is 22.7 Å². The van der Waals surface area contributed by atoms with E-state index in [0.29, 0.717) is 23.5 Å². The Balaban J connectivity index is 1.84. The Kier molecular flexibility index (Phi) is 3.96. The number of aryl methyl sites for hydroxylation is 1. The number of rotatable bonds is 3. The quantitative estimate of drug-likeness (QED) is 0.875. The monoisotopic (exact) mass is 387 g/mol. The number of hydrogen-bond donors (Lipinski definition) is 1. The molecular weight excluding hydrogens is 366 g/mol. The Morgan fingerprint density at radius 3 is 2.56 bits per heavy atom. The Bertz CT molecular complexity index is 1020. The molecule has 1 saturated heterocycles. The van der Waals surface area contributed by atoms with Crippen molar-refractivity contribution in [2.24, 2.45) is 0 Å². The molecule has 7 heteroatoms. The van der Waals surface area contributed by atoms with Crippen LogP contribution in [0.15, 0.2) is 47.4 Å². The summed E-state index contributed by atoms with van der Waals surface area (Å²) in [6.07, 6.45) is 0.383.